The second-order valence-electron chi connectivity index (χ2n) is 4.16. The number of anilines is 1. The van der Waals surface area contributed by atoms with Crippen molar-refractivity contribution in [3.05, 3.63) is 29.8 Å². The van der Waals surface area contributed by atoms with E-state index >= 15 is 0 Å². The highest BCUT2D eigenvalue weighted by Gasteiger charge is 2.43. The van der Waals surface area contributed by atoms with E-state index in [9.17, 15) is 4.79 Å². The van der Waals surface area contributed by atoms with E-state index < -0.39 is 0 Å². The Hall–Kier alpha value is -1.55. The van der Waals surface area contributed by atoms with Gasteiger partial charge in [-0.2, -0.15) is 0 Å². The first-order valence-corrected chi connectivity index (χ1v) is 5.41. The number of hydrogen-bond acceptors (Lipinski definition) is 4. The number of methoxy groups -OCH3 is 1. The molecule has 16 heavy (non-hydrogen) atoms. The lowest BCUT2D eigenvalue weighted by atomic mass is 10.0. The summed E-state index contributed by atoms with van der Waals surface area (Å²) in [6, 6.07) is 7.73. The number of hydroxylamine groups is 1. The van der Waals surface area contributed by atoms with Crippen LogP contribution in [0.5, 0.6) is 0 Å². The van der Waals surface area contributed by atoms with Crippen LogP contribution in [0.25, 0.3) is 0 Å². The summed E-state index contributed by atoms with van der Waals surface area (Å²) in [5.74, 6) is -0.223. The summed E-state index contributed by atoms with van der Waals surface area (Å²) in [4.78, 5) is 17.3. The standard InChI is InChI=1S/C12H13NO3/c1-15-12(14)11-7-9-6-8-4-2-3-5-10(8)13(11)16-9/h2-5,9,11H,6-7H2,1H3. The molecular formula is C12H13NO3. The second-order valence-corrected chi connectivity index (χ2v) is 4.16. The number of ether oxygens (including phenoxy) is 1. The SMILES string of the molecule is COC(=O)C1CC2Cc3ccccc3N1O2. The average molecular weight is 219 g/mol. The topological polar surface area (TPSA) is 38.8 Å². The molecule has 0 amide bonds. The lowest BCUT2D eigenvalue weighted by Crippen LogP contribution is -2.37. The third-order valence-electron chi connectivity index (χ3n) is 3.18. The summed E-state index contributed by atoms with van der Waals surface area (Å²) in [5.41, 5.74) is 2.23. The van der Waals surface area contributed by atoms with Crippen molar-refractivity contribution in [2.45, 2.75) is 25.0 Å². The molecule has 3 rings (SSSR count). The first kappa shape index (κ1) is 9.66. The van der Waals surface area contributed by atoms with Gasteiger partial charge in [0.1, 0.15) is 0 Å². The van der Waals surface area contributed by atoms with Crippen molar-refractivity contribution in [3.8, 4) is 0 Å². The fourth-order valence-electron chi connectivity index (χ4n) is 2.44. The average Bonchev–Trinajstić information content (AvgIpc) is 2.67. The van der Waals surface area contributed by atoms with Gasteiger partial charge < -0.3 is 4.74 Å². The molecular weight excluding hydrogens is 206 g/mol. The van der Waals surface area contributed by atoms with Gasteiger partial charge in [0.2, 0.25) is 0 Å². The minimum Gasteiger partial charge on any atom is -0.467 e. The maximum Gasteiger partial charge on any atom is 0.331 e. The highest BCUT2D eigenvalue weighted by Crippen LogP contribution is 2.38. The number of hydrogen-bond donors (Lipinski definition) is 0. The van der Waals surface area contributed by atoms with Crippen LogP contribution < -0.4 is 5.06 Å². The van der Waals surface area contributed by atoms with E-state index in [0.29, 0.717) is 6.42 Å². The van der Waals surface area contributed by atoms with Crippen molar-refractivity contribution in [2.24, 2.45) is 0 Å². The second kappa shape index (κ2) is 3.49. The van der Waals surface area contributed by atoms with Crippen LogP contribution in [0.3, 0.4) is 0 Å². The Labute approximate surface area is 93.7 Å². The third-order valence-corrected chi connectivity index (χ3v) is 3.18. The fourth-order valence-corrected chi connectivity index (χ4v) is 2.44. The molecule has 4 heteroatoms. The smallest absolute Gasteiger partial charge is 0.331 e. The van der Waals surface area contributed by atoms with Crippen LogP contribution in [0.2, 0.25) is 0 Å². The monoisotopic (exact) mass is 219 g/mol. The Balaban J connectivity index is 1.99. The molecule has 0 N–H and O–H groups in total. The van der Waals surface area contributed by atoms with E-state index in [4.69, 9.17) is 9.57 Å². The Morgan fingerprint density at radius 3 is 3.12 bits per heavy atom. The minimum atomic E-state index is -0.293. The maximum atomic E-state index is 11.6. The highest BCUT2D eigenvalue weighted by atomic mass is 16.7. The first-order chi connectivity index (χ1) is 7.79. The molecule has 1 aromatic carbocycles. The Morgan fingerprint density at radius 2 is 2.31 bits per heavy atom. The zero-order chi connectivity index (χ0) is 11.1. The molecule has 2 aliphatic rings. The van der Waals surface area contributed by atoms with Crippen LogP contribution in [0.4, 0.5) is 5.69 Å². The van der Waals surface area contributed by atoms with Crippen molar-refractivity contribution in [3.63, 3.8) is 0 Å². The van der Waals surface area contributed by atoms with Gasteiger partial charge in [-0.3, -0.25) is 4.84 Å². The third kappa shape index (κ3) is 1.30. The van der Waals surface area contributed by atoms with Crippen molar-refractivity contribution in [1.29, 1.82) is 0 Å². The van der Waals surface area contributed by atoms with Gasteiger partial charge in [0.05, 0.1) is 18.9 Å². The molecule has 1 aromatic rings. The molecule has 0 radical (unpaired) electrons. The van der Waals surface area contributed by atoms with Gasteiger partial charge in [0, 0.05) is 12.8 Å². The van der Waals surface area contributed by atoms with Crippen molar-refractivity contribution >= 4 is 11.7 Å². The molecule has 0 spiro atoms. The van der Waals surface area contributed by atoms with Gasteiger partial charge in [-0.15, -0.1) is 0 Å². The predicted octanol–water partition coefficient (Wildman–Crippen LogP) is 1.29. The number of carbonyl (C=O) groups is 1. The van der Waals surface area contributed by atoms with E-state index in [1.54, 1.807) is 5.06 Å². The Bertz CT molecular complexity index is 432. The quantitative estimate of drug-likeness (QED) is 0.667. The van der Waals surface area contributed by atoms with Crippen LogP contribution in [0, 0.1) is 0 Å². The van der Waals surface area contributed by atoms with Gasteiger partial charge >= 0.3 is 5.97 Å². The molecule has 0 aliphatic carbocycles. The molecule has 4 nitrogen and oxygen atoms in total. The van der Waals surface area contributed by atoms with Gasteiger partial charge in [-0.1, -0.05) is 18.2 Å². The molecule has 84 valence electrons. The van der Waals surface area contributed by atoms with Crippen LogP contribution >= 0.6 is 0 Å². The van der Waals surface area contributed by atoms with Gasteiger partial charge in [-0.25, -0.2) is 9.86 Å². The summed E-state index contributed by atoms with van der Waals surface area (Å²) in [7, 11) is 1.41. The molecule has 2 bridgehead atoms. The number of nitrogens with zero attached hydrogens (tertiary/aromatic N) is 1. The lowest BCUT2D eigenvalue weighted by molar-refractivity contribution is -0.142. The molecule has 1 fully saturated rings. The number of rotatable bonds is 1. The molecule has 1 saturated heterocycles. The van der Waals surface area contributed by atoms with E-state index in [1.807, 2.05) is 18.2 Å². The zero-order valence-corrected chi connectivity index (χ0v) is 9.05. The number of para-hydroxylation sites is 1. The normalized spacial score (nSPS) is 26.4. The van der Waals surface area contributed by atoms with Crippen molar-refractivity contribution in [2.75, 3.05) is 12.2 Å². The fraction of sp³-hybridized carbons (Fsp3) is 0.417. The zero-order valence-electron chi connectivity index (χ0n) is 9.05. The number of esters is 1. The number of fused-ring (bicyclic) bond motifs is 4. The summed E-state index contributed by atoms with van der Waals surface area (Å²) in [5, 5.41) is 1.70. The van der Waals surface area contributed by atoms with Gasteiger partial charge in [-0.05, 0) is 11.6 Å². The van der Waals surface area contributed by atoms with E-state index in [2.05, 4.69) is 6.07 Å². The van der Waals surface area contributed by atoms with Crippen LogP contribution in [0.1, 0.15) is 12.0 Å². The van der Waals surface area contributed by atoms with E-state index in [-0.39, 0.29) is 18.1 Å². The summed E-state index contributed by atoms with van der Waals surface area (Å²) in [6.45, 7) is 0. The maximum absolute atomic E-state index is 11.6. The molecule has 0 saturated carbocycles. The molecule has 2 unspecified atom stereocenters. The first-order valence-electron chi connectivity index (χ1n) is 5.41. The molecule has 0 aromatic heterocycles. The highest BCUT2D eigenvalue weighted by molar-refractivity contribution is 5.81. The van der Waals surface area contributed by atoms with Crippen LogP contribution in [0.15, 0.2) is 24.3 Å². The summed E-state index contributed by atoms with van der Waals surface area (Å²) in [6.07, 6.45) is 1.70. The summed E-state index contributed by atoms with van der Waals surface area (Å²) < 4.78 is 4.80. The lowest BCUT2D eigenvalue weighted by Gasteiger charge is -2.28. The Morgan fingerprint density at radius 1 is 1.50 bits per heavy atom. The molecule has 2 atom stereocenters. The van der Waals surface area contributed by atoms with Crippen molar-refractivity contribution < 1.29 is 14.4 Å². The van der Waals surface area contributed by atoms with E-state index in [0.717, 1.165) is 12.1 Å². The minimum absolute atomic E-state index is 0.110. The number of benzene rings is 1. The molecule has 2 aliphatic heterocycles. The predicted molar refractivity (Wildman–Crippen MR) is 57.9 cm³/mol. The van der Waals surface area contributed by atoms with Crippen LogP contribution in [-0.4, -0.2) is 25.2 Å². The Kier molecular flexibility index (Phi) is 2.11. The number of carbonyl (C=O) groups excluding carboxylic acids is 1. The largest absolute Gasteiger partial charge is 0.467 e. The van der Waals surface area contributed by atoms with E-state index in [1.165, 1.54) is 12.7 Å². The summed E-state index contributed by atoms with van der Waals surface area (Å²) >= 11 is 0. The van der Waals surface area contributed by atoms with Gasteiger partial charge in [0.25, 0.3) is 0 Å². The van der Waals surface area contributed by atoms with Gasteiger partial charge in [0.15, 0.2) is 6.04 Å². The molecule has 2 heterocycles. The van der Waals surface area contributed by atoms with Crippen LogP contribution in [-0.2, 0) is 20.8 Å². The van der Waals surface area contributed by atoms with Crippen molar-refractivity contribution in [1.82, 2.24) is 0 Å².